The first-order chi connectivity index (χ1) is 14.6. The fourth-order valence-corrected chi connectivity index (χ4v) is 4.88. The highest BCUT2D eigenvalue weighted by molar-refractivity contribution is 7.14. The van der Waals surface area contributed by atoms with E-state index in [9.17, 15) is 18.4 Å². The van der Waals surface area contributed by atoms with E-state index in [1.807, 2.05) is 6.92 Å². The summed E-state index contributed by atoms with van der Waals surface area (Å²) in [5, 5.41) is 15.9. The maximum atomic E-state index is 14.3. The smallest absolute Gasteiger partial charge is 0.338 e. The number of alkyl halides is 2. The average Bonchev–Trinajstić information content (AvgIpc) is 3.22. The minimum atomic E-state index is -3.05. The van der Waals surface area contributed by atoms with Crippen LogP contribution in [0.4, 0.5) is 8.78 Å². The molecule has 3 heterocycles. The summed E-state index contributed by atoms with van der Waals surface area (Å²) in [6, 6.07) is -0.587. The molecule has 0 spiro atoms. The molecule has 1 saturated carbocycles. The van der Waals surface area contributed by atoms with E-state index >= 15 is 0 Å². The zero-order valence-electron chi connectivity index (χ0n) is 16.9. The van der Waals surface area contributed by atoms with Crippen LogP contribution in [0.15, 0.2) is 18.5 Å². The first-order valence-corrected chi connectivity index (χ1v) is 10.5. The van der Waals surface area contributed by atoms with Crippen molar-refractivity contribution in [1.82, 2.24) is 19.9 Å². The van der Waals surface area contributed by atoms with E-state index in [1.165, 1.54) is 28.2 Å². The van der Waals surface area contributed by atoms with Crippen molar-refractivity contribution in [3.63, 3.8) is 0 Å². The third-order valence-corrected chi connectivity index (χ3v) is 6.57. The fraction of sp³-hybridized carbons (Fsp3) is 0.400. The van der Waals surface area contributed by atoms with Crippen LogP contribution in [0, 0.1) is 13.8 Å². The van der Waals surface area contributed by atoms with Crippen LogP contribution in [0.3, 0.4) is 0 Å². The zero-order valence-corrected chi connectivity index (χ0v) is 17.7. The van der Waals surface area contributed by atoms with Gasteiger partial charge in [0.15, 0.2) is 5.65 Å². The topological polar surface area (TPSA) is 123 Å². The molecule has 1 fully saturated rings. The summed E-state index contributed by atoms with van der Waals surface area (Å²) in [7, 11) is 0. The first-order valence-electron chi connectivity index (χ1n) is 9.72. The summed E-state index contributed by atoms with van der Waals surface area (Å²) < 4.78 is 29.9. The number of carboxylic acids is 1. The van der Waals surface area contributed by atoms with Crippen LogP contribution < -0.4 is 11.1 Å². The van der Waals surface area contributed by atoms with Crippen LogP contribution in [0.1, 0.15) is 49.9 Å². The van der Waals surface area contributed by atoms with Gasteiger partial charge >= 0.3 is 5.97 Å². The number of amides is 1. The van der Waals surface area contributed by atoms with Crippen molar-refractivity contribution in [2.24, 2.45) is 5.73 Å². The van der Waals surface area contributed by atoms with Gasteiger partial charge in [-0.3, -0.25) is 4.79 Å². The lowest BCUT2D eigenvalue weighted by Crippen LogP contribution is -2.59. The molecule has 0 saturated heterocycles. The van der Waals surface area contributed by atoms with Crippen molar-refractivity contribution in [2.75, 3.05) is 0 Å². The number of aryl methyl sites for hydroxylation is 2. The minimum Gasteiger partial charge on any atom is -0.478 e. The highest BCUT2D eigenvalue weighted by Gasteiger charge is 2.46. The molecule has 1 aliphatic carbocycles. The van der Waals surface area contributed by atoms with Gasteiger partial charge in [-0.05, 0) is 32.8 Å². The second kappa shape index (κ2) is 7.65. The zero-order chi connectivity index (χ0) is 22.5. The first kappa shape index (κ1) is 21.3. The summed E-state index contributed by atoms with van der Waals surface area (Å²) in [6.07, 6.45) is 3.06. The molecule has 8 nitrogen and oxygen atoms in total. The molecule has 11 heteroatoms. The molecule has 0 radical (unpaired) electrons. The number of fused-ring (bicyclic) bond motifs is 1. The van der Waals surface area contributed by atoms with Crippen LogP contribution in [0.25, 0.3) is 16.8 Å². The van der Waals surface area contributed by atoms with Gasteiger partial charge in [0.2, 0.25) is 0 Å². The monoisotopic (exact) mass is 449 g/mol. The number of halogens is 2. The molecule has 4 N–H and O–H groups in total. The van der Waals surface area contributed by atoms with Gasteiger partial charge in [-0.15, -0.1) is 11.3 Å². The van der Waals surface area contributed by atoms with Crippen molar-refractivity contribution in [3.8, 4) is 11.1 Å². The number of nitrogens with one attached hydrogen (secondary N) is 1. The number of nitrogens with zero attached hydrogens (tertiary/aromatic N) is 3. The average molecular weight is 449 g/mol. The SMILES string of the molecule is Cc1nn2cc(C(=O)O)cnc2c1-c1cc(C(=O)N[C@@H]2[C@H](N)CCCC2(F)F)sc1C. The van der Waals surface area contributed by atoms with Crippen LogP contribution in [0.2, 0.25) is 0 Å². The Hall–Kier alpha value is -2.92. The number of carbonyl (C=O) groups is 2. The number of carbonyl (C=O) groups excluding carboxylic acids is 1. The summed E-state index contributed by atoms with van der Waals surface area (Å²) in [5.74, 6) is -4.77. The Bertz CT molecular complexity index is 1190. The second-order valence-corrected chi connectivity index (χ2v) is 8.98. The van der Waals surface area contributed by atoms with Crippen LogP contribution in [-0.2, 0) is 0 Å². The lowest BCUT2D eigenvalue weighted by molar-refractivity contribution is -0.0674. The van der Waals surface area contributed by atoms with Crippen LogP contribution in [-0.4, -0.2) is 49.6 Å². The van der Waals surface area contributed by atoms with Crippen molar-refractivity contribution >= 4 is 28.9 Å². The minimum absolute atomic E-state index is 0.00611. The number of nitrogens with two attached hydrogens (primary N) is 1. The molecule has 1 aliphatic rings. The third-order valence-electron chi connectivity index (χ3n) is 5.52. The molecule has 164 valence electrons. The Balaban J connectivity index is 1.67. The van der Waals surface area contributed by atoms with Crippen LogP contribution in [0.5, 0.6) is 0 Å². The van der Waals surface area contributed by atoms with Crippen molar-refractivity contribution in [2.45, 2.75) is 51.1 Å². The molecular weight excluding hydrogens is 428 g/mol. The molecule has 0 aromatic carbocycles. The van der Waals surface area contributed by atoms with E-state index < -0.39 is 29.9 Å². The Kier molecular flexibility index (Phi) is 5.26. The standard InChI is InChI=1S/C20H21F2N5O3S/c1-9-15(17-24-7-11(19(29)30)8-27(17)26-9)12-6-14(31-10(12)2)18(28)25-16-13(23)4-3-5-20(16,21)22/h6-8,13,16H,3-5,23H2,1-2H3,(H,25,28)(H,29,30)/t13-,16-/m1/s1. The normalized spacial score (nSPS) is 20.7. The molecule has 0 aliphatic heterocycles. The molecule has 1 amide bonds. The highest BCUT2D eigenvalue weighted by atomic mass is 32.1. The maximum absolute atomic E-state index is 14.3. The van der Waals surface area contributed by atoms with Gasteiger partial charge in [0.05, 0.1) is 21.7 Å². The van der Waals surface area contributed by atoms with Gasteiger partial charge in [0, 0.05) is 35.3 Å². The van der Waals surface area contributed by atoms with Gasteiger partial charge in [0.1, 0.15) is 6.04 Å². The predicted molar refractivity (Wildman–Crippen MR) is 111 cm³/mol. The summed E-state index contributed by atoms with van der Waals surface area (Å²) in [5.41, 5.74) is 8.24. The summed E-state index contributed by atoms with van der Waals surface area (Å²) in [6.45, 7) is 3.56. The number of hydrogen-bond acceptors (Lipinski definition) is 6. The summed E-state index contributed by atoms with van der Waals surface area (Å²) >= 11 is 1.18. The van der Waals surface area contributed by atoms with Gasteiger partial charge in [0.25, 0.3) is 11.8 Å². The lowest BCUT2D eigenvalue weighted by Gasteiger charge is -2.36. The molecule has 4 rings (SSSR count). The number of aromatic nitrogens is 3. The van der Waals surface area contributed by atoms with E-state index in [0.717, 1.165) is 4.88 Å². The van der Waals surface area contributed by atoms with Crippen molar-refractivity contribution in [3.05, 3.63) is 39.5 Å². The number of rotatable bonds is 4. The molecule has 31 heavy (non-hydrogen) atoms. The number of carboxylic acid groups (broad SMARTS) is 1. The highest BCUT2D eigenvalue weighted by Crippen LogP contribution is 2.36. The van der Waals surface area contributed by atoms with Gasteiger partial charge < -0.3 is 16.2 Å². The summed E-state index contributed by atoms with van der Waals surface area (Å²) in [4.78, 5) is 29.2. The van der Waals surface area contributed by atoms with E-state index in [2.05, 4.69) is 15.4 Å². The Morgan fingerprint density at radius 1 is 1.39 bits per heavy atom. The molecule has 2 atom stereocenters. The van der Waals surface area contributed by atoms with E-state index in [1.54, 1.807) is 13.0 Å². The van der Waals surface area contributed by atoms with Gasteiger partial charge in [-0.25, -0.2) is 23.1 Å². The predicted octanol–water partition coefficient (Wildman–Crippen LogP) is 3.02. The van der Waals surface area contributed by atoms with Gasteiger partial charge in [-0.2, -0.15) is 5.10 Å². The molecular formula is C20H21F2N5O3S. The van der Waals surface area contributed by atoms with Crippen molar-refractivity contribution in [1.29, 1.82) is 0 Å². The largest absolute Gasteiger partial charge is 0.478 e. The van der Waals surface area contributed by atoms with Crippen LogP contribution >= 0.6 is 11.3 Å². The fourth-order valence-electron chi connectivity index (χ4n) is 3.95. The number of aromatic carboxylic acids is 1. The Morgan fingerprint density at radius 2 is 2.13 bits per heavy atom. The quantitative estimate of drug-likeness (QED) is 0.563. The molecule has 3 aromatic rings. The van der Waals surface area contributed by atoms with Gasteiger partial charge in [-0.1, -0.05) is 0 Å². The maximum Gasteiger partial charge on any atom is 0.338 e. The Morgan fingerprint density at radius 3 is 2.81 bits per heavy atom. The Labute approximate surface area is 180 Å². The number of thiophene rings is 1. The lowest BCUT2D eigenvalue weighted by atomic mass is 9.87. The molecule has 0 unspecified atom stereocenters. The van der Waals surface area contributed by atoms with E-state index in [4.69, 9.17) is 10.8 Å². The van der Waals surface area contributed by atoms with Crippen molar-refractivity contribution < 1.29 is 23.5 Å². The van der Waals surface area contributed by atoms with E-state index in [-0.39, 0.29) is 16.9 Å². The molecule has 0 bridgehead atoms. The third kappa shape index (κ3) is 3.79. The number of hydrogen-bond donors (Lipinski definition) is 3. The molecule has 3 aromatic heterocycles. The second-order valence-electron chi connectivity index (χ2n) is 7.73. The van der Waals surface area contributed by atoms with E-state index in [0.29, 0.717) is 35.3 Å².